The zero-order chi connectivity index (χ0) is 14.7. The molecule has 4 heteroatoms. The van der Waals surface area contributed by atoms with Crippen molar-refractivity contribution in [2.24, 2.45) is 5.41 Å². The molecule has 0 aliphatic rings. The lowest BCUT2D eigenvalue weighted by molar-refractivity contribution is -0.170. The van der Waals surface area contributed by atoms with Gasteiger partial charge < -0.3 is 14.6 Å². The lowest BCUT2D eigenvalue weighted by Gasteiger charge is -2.38. The van der Waals surface area contributed by atoms with Crippen LogP contribution in [0.2, 0.25) is 0 Å². The summed E-state index contributed by atoms with van der Waals surface area (Å²) < 4.78 is 10.1. The molecule has 0 bridgehead atoms. The number of rotatable bonds is 5. The predicted molar refractivity (Wildman–Crippen MR) is 73.0 cm³/mol. The van der Waals surface area contributed by atoms with Crippen LogP contribution in [0.5, 0.6) is 5.75 Å². The van der Waals surface area contributed by atoms with Crippen molar-refractivity contribution in [1.29, 1.82) is 0 Å². The van der Waals surface area contributed by atoms with Crippen LogP contribution >= 0.6 is 0 Å². The minimum Gasteiger partial charge on any atom is -0.497 e. The van der Waals surface area contributed by atoms with Crippen LogP contribution < -0.4 is 4.74 Å². The summed E-state index contributed by atoms with van der Waals surface area (Å²) in [5.74, 6) is 0.282. The Balaban J connectivity index is 3.09. The molecule has 1 N–H and O–H groups in total. The van der Waals surface area contributed by atoms with Gasteiger partial charge in [-0.2, -0.15) is 0 Å². The Bertz CT molecular complexity index is 432. The Kier molecular flexibility index (Phi) is 4.58. The van der Waals surface area contributed by atoms with E-state index in [1.807, 2.05) is 0 Å². The monoisotopic (exact) mass is 266 g/mol. The first kappa shape index (κ1) is 15.5. The molecule has 0 aromatic heterocycles. The summed E-state index contributed by atoms with van der Waals surface area (Å²) in [4.78, 5) is 12.0. The van der Waals surface area contributed by atoms with E-state index in [1.165, 1.54) is 0 Å². The van der Waals surface area contributed by atoms with E-state index < -0.39 is 17.0 Å². The van der Waals surface area contributed by atoms with Gasteiger partial charge in [0, 0.05) is 0 Å². The standard InChI is InChI=1S/C15H22O4/c1-6-19-13(16)14(2,3)15(4,17)11-7-9-12(18-5)10-8-11/h7-10,17H,6H2,1-5H3. The largest absolute Gasteiger partial charge is 0.497 e. The molecule has 0 heterocycles. The Morgan fingerprint density at radius 3 is 2.16 bits per heavy atom. The van der Waals surface area contributed by atoms with E-state index in [2.05, 4.69) is 0 Å². The third-order valence-corrected chi connectivity index (χ3v) is 3.65. The van der Waals surface area contributed by atoms with Crippen molar-refractivity contribution in [3.05, 3.63) is 29.8 Å². The van der Waals surface area contributed by atoms with Gasteiger partial charge in [0.25, 0.3) is 0 Å². The summed E-state index contributed by atoms with van der Waals surface area (Å²) in [5, 5.41) is 10.7. The number of hydrogen-bond acceptors (Lipinski definition) is 4. The molecule has 0 amide bonds. The molecule has 1 unspecified atom stereocenters. The molecule has 0 spiro atoms. The van der Waals surface area contributed by atoms with Gasteiger partial charge in [0.1, 0.15) is 11.4 Å². The number of benzene rings is 1. The summed E-state index contributed by atoms with van der Waals surface area (Å²) in [6.45, 7) is 7.01. The van der Waals surface area contributed by atoms with E-state index in [0.29, 0.717) is 17.9 Å². The Hall–Kier alpha value is -1.55. The van der Waals surface area contributed by atoms with Crippen molar-refractivity contribution >= 4 is 5.97 Å². The van der Waals surface area contributed by atoms with Crippen molar-refractivity contribution in [1.82, 2.24) is 0 Å². The van der Waals surface area contributed by atoms with Crippen LogP contribution in [0.3, 0.4) is 0 Å². The van der Waals surface area contributed by atoms with Gasteiger partial charge in [0.05, 0.1) is 19.1 Å². The van der Waals surface area contributed by atoms with Gasteiger partial charge in [-0.05, 0) is 45.4 Å². The molecule has 0 aliphatic heterocycles. The number of esters is 1. The molecule has 1 aromatic rings. The zero-order valence-electron chi connectivity index (χ0n) is 12.2. The normalized spacial score (nSPS) is 14.6. The van der Waals surface area contributed by atoms with Crippen LogP contribution in [0.4, 0.5) is 0 Å². The van der Waals surface area contributed by atoms with Crippen molar-refractivity contribution in [2.45, 2.75) is 33.3 Å². The molecule has 0 fully saturated rings. The predicted octanol–water partition coefficient (Wildman–Crippen LogP) is 2.49. The van der Waals surface area contributed by atoms with Gasteiger partial charge in [-0.15, -0.1) is 0 Å². The molecular formula is C15H22O4. The number of hydrogen-bond donors (Lipinski definition) is 1. The van der Waals surface area contributed by atoms with Crippen molar-refractivity contribution in [2.75, 3.05) is 13.7 Å². The van der Waals surface area contributed by atoms with Gasteiger partial charge in [0.2, 0.25) is 0 Å². The summed E-state index contributed by atoms with van der Waals surface area (Å²) in [7, 11) is 1.58. The van der Waals surface area contributed by atoms with Gasteiger partial charge in [-0.1, -0.05) is 12.1 Å². The molecule has 0 aliphatic carbocycles. The van der Waals surface area contributed by atoms with Gasteiger partial charge in [0.15, 0.2) is 0 Å². The first-order valence-corrected chi connectivity index (χ1v) is 6.31. The van der Waals surface area contributed by atoms with Crippen LogP contribution in [0.25, 0.3) is 0 Å². The van der Waals surface area contributed by atoms with E-state index in [-0.39, 0.29) is 0 Å². The average molecular weight is 266 g/mol. The SMILES string of the molecule is CCOC(=O)C(C)(C)C(C)(O)c1ccc(OC)cc1. The van der Waals surface area contributed by atoms with E-state index in [1.54, 1.807) is 59.1 Å². The second-order valence-electron chi connectivity index (χ2n) is 5.15. The highest BCUT2D eigenvalue weighted by Crippen LogP contribution is 2.40. The second-order valence-corrected chi connectivity index (χ2v) is 5.15. The van der Waals surface area contributed by atoms with Crippen molar-refractivity contribution in [3.63, 3.8) is 0 Å². The highest BCUT2D eigenvalue weighted by molar-refractivity contribution is 5.77. The van der Waals surface area contributed by atoms with Gasteiger partial charge >= 0.3 is 5.97 Å². The van der Waals surface area contributed by atoms with E-state index in [0.717, 1.165) is 0 Å². The van der Waals surface area contributed by atoms with Crippen LogP contribution in [0.15, 0.2) is 24.3 Å². The Morgan fingerprint density at radius 2 is 1.74 bits per heavy atom. The smallest absolute Gasteiger partial charge is 0.314 e. The molecule has 1 atom stereocenters. The highest BCUT2D eigenvalue weighted by atomic mass is 16.5. The van der Waals surface area contributed by atoms with Crippen LogP contribution in [-0.2, 0) is 15.1 Å². The fraction of sp³-hybridized carbons (Fsp3) is 0.533. The Labute approximate surface area is 114 Å². The number of ether oxygens (including phenoxy) is 2. The summed E-state index contributed by atoms with van der Waals surface area (Å²) in [6.07, 6.45) is 0. The van der Waals surface area contributed by atoms with Crippen LogP contribution in [0, 0.1) is 5.41 Å². The first-order valence-electron chi connectivity index (χ1n) is 6.31. The number of carbonyl (C=O) groups is 1. The second kappa shape index (κ2) is 5.61. The fourth-order valence-corrected chi connectivity index (χ4v) is 1.79. The summed E-state index contributed by atoms with van der Waals surface area (Å²) in [5.41, 5.74) is -1.73. The molecule has 1 aromatic carbocycles. The minimum atomic E-state index is -1.33. The lowest BCUT2D eigenvalue weighted by atomic mass is 9.72. The third kappa shape index (κ3) is 2.89. The van der Waals surface area contributed by atoms with Crippen LogP contribution in [-0.4, -0.2) is 24.8 Å². The molecule has 0 radical (unpaired) electrons. The molecule has 1 rings (SSSR count). The van der Waals surface area contributed by atoms with E-state index >= 15 is 0 Å². The minimum absolute atomic E-state index is 0.293. The summed E-state index contributed by atoms with van der Waals surface area (Å²) >= 11 is 0. The van der Waals surface area contributed by atoms with Gasteiger partial charge in [-0.25, -0.2) is 0 Å². The zero-order valence-corrected chi connectivity index (χ0v) is 12.2. The first-order chi connectivity index (χ1) is 8.77. The quantitative estimate of drug-likeness (QED) is 0.832. The van der Waals surface area contributed by atoms with E-state index in [9.17, 15) is 9.90 Å². The number of methoxy groups -OCH3 is 1. The molecule has 106 valence electrons. The van der Waals surface area contributed by atoms with Crippen molar-refractivity contribution in [3.8, 4) is 5.75 Å². The molecule has 19 heavy (non-hydrogen) atoms. The van der Waals surface area contributed by atoms with Crippen LogP contribution in [0.1, 0.15) is 33.3 Å². The lowest BCUT2D eigenvalue weighted by Crippen LogP contribution is -2.46. The number of carbonyl (C=O) groups excluding carboxylic acids is 1. The topological polar surface area (TPSA) is 55.8 Å². The van der Waals surface area contributed by atoms with Gasteiger partial charge in [-0.3, -0.25) is 4.79 Å². The average Bonchev–Trinajstić information content (AvgIpc) is 2.38. The maximum absolute atomic E-state index is 12.0. The molecule has 0 saturated carbocycles. The van der Waals surface area contributed by atoms with E-state index in [4.69, 9.17) is 9.47 Å². The summed E-state index contributed by atoms with van der Waals surface area (Å²) in [6, 6.07) is 7.01. The highest BCUT2D eigenvalue weighted by Gasteiger charge is 2.47. The molecular weight excluding hydrogens is 244 g/mol. The molecule has 4 nitrogen and oxygen atoms in total. The fourth-order valence-electron chi connectivity index (χ4n) is 1.79. The van der Waals surface area contributed by atoms with Crippen molar-refractivity contribution < 1.29 is 19.4 Å². The Morgan fingerprint density at radius 1 is 1.21 bits per heavy atom. The maximum Gasteiger partial charge on any atom is 0.314 e. The number of aliphatic hydroxyl groups is 1. The maximum atomic E-state index is 12.0. The third-order valence-electron chi connectivity index (χ3n) is 3.65. The molecule has 0 saturated heterocycles.